The number of aryl methyl sites for hydroxylation is 1. The molecule has 0 saturated carbocycles. The highest BCUT2D eigenvalue weighted by atomic mass is 35.5. The predicted molar refractivity (Wildman–Crippen MR) is 85.2 cm³/mol. The minimum atomic E-state index is -3.47. The Bertz CT molecular complexity index is 691. The molecule has 0 unspecified atom stereocenters. The molecule has 3 N–H and O–H groups in total. The number of thiophene rings is 2. The van der Waals surface area contributed by atoms with Gasteiger partial charge < -0.3 is 5.73 Å². The highest BCUT2D eigenvalue weighted by molar-refractivity contribution is 7.89. The van der Waals surface area contributed by atoms with Crippen LogP contribution in [0.15, 0.2) is 23.1 Å². The van der Waals surface area contributed by atoms with Crippen molar-refractivity contribution in [1.82, 2.24) is 4.72 Å². The van der Waals surface area contributed by atoms with E-state index in [2.05, 4.69) is 4.72 Å². The first-order valence-electron chi connectivity index (χ1n) is 5.95. The van der Waals surface area contributed by atoms with Crippen molar-refractivity contribution in [2.45, 2.75) is 24.8 Å². The first-order valence-corrected chi connectivity index (χ1v) is 9.45. The maximum atomic E-state index is 12.2. The first kappa shape index (κ1) is 15.9. The molecule has 0 aromatic carbocycles. The average Bonchev–Trinajstić information content (AvgIpc) is 2.95. The third-order valence-electron chi connectivity index (χ3n) is 2.71. The Labute approximate surface area is 131 Å². The molecule has 0 aliphatic heterocycles. The minimum Gasteiger partial charge on any atom is -0.326 e. The highest BCUT2D eigenvalue weighted by Crippen LogP contribution is 2.25. The van der Waals surface area contributed by atoms with Crippen molar-refractivity contribution in [1.29, 1.82) is 0 Å². The summed E-state index contributed by atoms with van der Waals surface area (Å²) in [5, 5.41) is 0. The molecule has 0 bridgehead atoms. The molecular weight excluding hydrogens is 336 g/mol. The van der Waals surface area contributed by atoms with Gasteiger partial charge in [-0.2, -0.15) is 0 Å². The van der Waals surface area contributed by atoms with E-state index in [1.54, 1.807) is 13.0 Å². The van der Waals surface area contributed by atoms with Crippen LogP contribution in [0.3, 0.4) is 0 Å². The van der Waals surface area contributed by atoms with Gasteiger partial charge in [0.25, 0.3) is 0 Å². The molecule has 0 radical (unpaired) electrons. The van der Waals surface area contributed by atoms with Gasteiger partial charge in [-0.3, -0.25) is 0 Å². The van der Waals surface area contributed by atoms with E-state index in [9.17, 15) is 8.42 Å². The summed E-state index contributed by atoms with van der Waals surface area (Å²) in [7, 11) is -3.47. The summed E-state index contributed by atoms with van der Waals surface area (Å²) in [6, 6.07) is 5.36. The van der Waals surface area contributed by atoms with Gasteiger partial charge in [0.1, 0.15) is 0 Å². The lowest BCUT2D eigenvalue weighted by Crippen LogP contribution is -2.26. The zero-order valence-electron chi connectivity index (χ0n) is 10.8. The van der Waals surface area contributed by atoms with Crippen LogP contribution >= 0.6 is 34.3 Å². The summed E-state index contributed by atoms with van der Waals surface area (Å²) in [5.74, 6) is 0. The van der Waals surface area contributed by atoms with E-state index < -0.39 is 10.0 Å². The van der Waals surface area contributed by atoms with Crippen molar-refractivity contribution in [2.24, 2.45) is 5.73 Å². The Kier molecular flexibility index (Phi) is 5.22. The first-order chi connectivity index (χ1) is 9.42. The zero-order chi connectivity index (χ0) is 14.8. The Hall–Kier alpha value is -0.440. The normalized spacial score (nSPS) is 11.9. The van der Waals surface area contributed by atoms with Gasteiger partial charge in [-0.25, -0.2) is 13.1 Å². The predicted octanol–water partition coefficient (Wildman–Crippen LogP) is 2.75. The molecule has 8 heteroatoms. The van der Waals surface area contributed by atoms with Crippen LogP contribution in [0.4, 0.5) is 0 Å². The number of hydrogen-bond donors (Lipinski definition) is 2. The number of nitrogens with two attached hydrogens (primary N) is 1. The molecule has 2 heterocycles. The van der Waals surface area contributed by atoms with Crippen LogP contribution in [0, 0.1) is 6.92 Å². The van der Waals surface area contributed by atoms with Gasteiger partial charge in [-0.15, -0.1) is 22.7 Å². The van der Waals surface area contributed by atoms with E-state index in [-0.39, 0.29) is 0 Å². The smallest absolute Gasteiger partial charge is 0.241 e. The van der Waals surface area contributed by atoms with Crippen molar-refractivity contribution in [2.75, 3.05) is 6.54 Å². The van der Waals surface area contributed by atoms with Crippen LogP contribution < -0.4 is 10.5 Å². The molecule has 0 saturated heterocycles. The van der Waals surface area contributed by atoms with Crippen LogP contribution in [0.2, 0.25) is 4.34 Å². The van der Waals surface area contributed by atoms with Gasteiger partial charge in [-0.05, 0) is 31.5 Å². The van der Waals surface area contributed by atoms with E-state index in [4.69, 9.17) is 17.3 Å². The quantitative estimate of drug-likeness (QED) is 0.841. The molecule has 4 nitrogen and oxygen atoms in total. The Balaban J connectivity index is 2.01. The lowest BCUT2D eigenvalue weighted by atomic mass is 10.3. The summed E-state index contributed by atoms with van der Waals surface area (Å²) in [4.78, 5) is 3.01. The average molecular weight is 351 g/mol. The van der Waals surface area contributed by atoms with Gasteiger partial charge in [-0.1, -0.05) is 11.6 Å². The summed E-state index contributed by atoms with van der Waals surface area (Å²) < 4.78 is 27.7. The van der Waals surface area contributed by atoms with E-state index in [0.717, 1.165) is 14.6 Å². The third kappa shape index (κ3) is 3.81. The molecule has 0 aliphatic carbocycles. The largest absolute Gasteiger partial charge is 0.326 e. The highest BCUT2D eigenvalue weighted by Gasteiger charge is 2.19. The summed E-state index contributed by atoms with van der Waals surface area (Å²) >= 11 is 8.71. The van der Waals surface area contributed by atoms with Crippen LogP contribution in [-0.4, -0.2) is 15.0 Å². The monoisotopic (exact) mass is 350 g/mol. The van der Waals surface area contributed by atoms with Crippen molar-refractivity contribution in [3.05, 3.63) is 37.2 Å². The Morgan fingerprint density at radius 3 is 2.60 bits per heavy atom. The standard InChI is InChI=1S/C12H15ClN2O2S3/c1-8-11(6-10(7-14)18-8)20(16,17)15-5-4-9-2-3-12(13)19-9/h2-3,6,15H,4-5,7,14H2,1H3. The number of halogens is 1. The fraction of sp³-hybridized carbons (Fsp3) is 0.333. The lowest BCUT2D eigenvalue weighted by Gasteiger charge is -2.05. The molecule has 2 aromatic rings. The number of sulfonamides is 1. The van der Waals surface area contributed by atoms with Crippen LogP contribution in [0.25, 0.3) is 0 Å². The van der Waals surface area contributed by atoms with Gasteiger partial charge in [0, 0.05) is 27.7 Å². The molecule has 0 amide bonds. The Morgan fingerprint density at radius 1 is 1.30 bits per heavy atom. The topological polar surface area (TPSA) is 72.2 Å². The van der Waals surface area contributed by atoms with Crippen LogP contribution in [0.1, 0.15) is 14.6 Å². The van der Waals surface area contributed by atoms with E-state index in [1.807, 2.05) is 12.1 Å². The molecule has 20 heavy (non-hydrogen) atoms. The van der Waals surface area contributed by atoms with Gasteiger partial charge in [0.2, 0.25) is 10.0 Å². The van der Waals surface area contributed by atoms with Crippen LogP contribution in [0.5, 0.6) is 0 Å². The van der Waals surface area contributed by atoms with E-state index >= 15 is 0 Å². The molecule has 2 rings (SSSR count). The molecule has 0 spiro atoms. The second kappa shape index (κ2) is 6.55. The van der Waals surface area contributed by atoms with Crippen molar-refractivity contribution >= 4 is 44.3 Å². The molecule has 0 fully saturated rings. The van der Waals surface area contributed by atoms with Crippen molar-refractivity contribution in [3.8, 4) is 0 Å². The number of hydrogen-bond acceptors (Lipinski definition) is 5. The number of rotatable bonds is 6. The molecule has 0 aliphatic rings. The van der Waals surface area contributed by atoms with Crippen molar-refractivity contribution in [3.63, 3.8) is 0 Å². The number of nitrogens with one attached hydrogen (secondary N) is 1. The molecular formula is C12H15ClN2O2S3. The van der Waals surface area contributed by atoms with Crippen molar-refractivity contribution < 1.29 is 8.42 Å². The molecule has 2 aromatic heterocycles. The van der Waals surface area contributed by atoms with E-state index in [1.165, 1.54) is 22.7 Å². The second-order valence-electron chi connectivity index (χ2n) is 4.19. The maximum Gasteiger partial charge on any atom is 0.241 e. The molecule has 110 valence electrons. The summed E-state index contributed by atoms with van der Waals surface area (Å²) in [5.41, 5.74) is 5.54. The van der Waals surface area contributed by atoms with Gasteiger partial charge in [0.05, 0.1) is 9.23 Å². The lowest BCUT2D eigenvalue weighted by molar-refractivity contribution is 0.581. The van der Waals surface area contributed by atoms with Gasteiger partial charge in [0.15, 0.2) is 0 Å². The summed E-state index contributed by atoms with van der Waals surface area (Å²) in [6.45, 7) is 2.50. The maximum absolute atomic E-state index is 12.2. The van der Waals surface area contributed by atoms with Gasteiger partial charge >= 0.3 is 0 Å². The molecule has 0 atom stereocenters. The Morgan fingerprint density at radius 2 is 2.05 bits per heavy atom. The SMILES string of the molecule is Cc1sc(CN)cc1S(=O)(=O)NCCc1ccc(Cl)s1. The van der Waals surface area contributed by atoms with E-state index in [0.29, 0.717) is 28.7 Å². The fourth-order valence-electron chi connectivity index (χ4n) is 1.76. The minimum absolute atomic E-state index is 0.326. The van der Waals surface area contributed by atoms with Crippen LogP contribution in [-0.2, 0) is 23.0 Å². The fourth-order valence-corrected chi connectivity index (χ4v) is 5.39. The third-order valence-corrected chi connectivity index (χ3v) is 6.79. The summed E-state index contributed by atoms with van der Waals surface area (Å²) in [6.07, 6.45) is 0.629. The zero-order valence-corrected chi connectivity index (χ0v) is 14.1. The second-order valence-corrected chi connectivity index (χ2v) is 9.07.